The van der Waals surface area contributed by atoms with E-state index in [-0.39, 0.29) is 30.3 Å². The van der Waals surface area contributed by atoms with E-state index in [1.807, 2.05) is 71.9 Å². The number of nitrogens with two attached hydrogens (primary N) is 1. The van der Waals surface area contributed by atoms with Crippen LogP contribution in [0.25, 0.3) is 10.9 Å². The number of benzene rings is 2. The van der Waals surface area contributed by atoms with Gasteiger partial charge in [0.05, 0.1) is 16.8 Å². The van der Waals surface area contributed by atoms with Gasteiger partial charge in [0.2, 0.25) is 0 Å². The number of anilines is 2. The molecule has 2 aliphatic heterocycles. The minimum absolute atomic E-state index is 0.227. The Morgan fingerprint density at radius 3 is 2.49 bits per heavy atom. The molecule has 10 heteroatoms. The molecular formula is C33H47N5O5. The fourth-order valence-electron chi connectivity index (χ4n) is 5.11. The number of likely N-dealkylation sites (N-methyl/N-ethyl adjacent to an activating group) is 1. The Balaban J connectivity index is 0.000000255. The summed E-state index contributed by atoms with van der Waals surface area (Å²) in [5.41, 5.74) is 10.6. The first-order chi connectivity index (χ1) is 20.3. The molecule has 1 fully saturated rings. The number of piperidine rings is 1. The maximum Gasteiger partial charge on any atom is 0.407 e. The number of carbonyl (C=O) groups excluding carboxylic acids is 2. The van der Waals surface area contributed by atoms with Gasteiger partial charge >= 0.3 is 12.1 Å². The highest BCUT2D eigenvalue weighted by Crippen LogP contribution is 2.31. The third-order valence-corrected chi connectivity index (χ3v) is 7.30. The number of aryl methyl sites for hydroxylation is 2. The Bertz CT molecular complexity index is 1510. The van der Waals surface area contributed by atoms with E-state index >= 15 is 0 Å². The van der Waals surface area contributed by atoms with Gasteiger partial charge in [-0.25, -0.2) is 9.59 Å². The van der Waals surface area contributed by atoms with Crippen LogP contribution in [0.1, 0.15) is 74.5 Å². The lowest BCUT2D eigenvalue weighted by atomic mass is 10.0. The Hall–Kier alpha value is -4.05. The molecular weight excluding hydrogens is 546 g/mol. The molecule has 234 valence electrons. The monoisotopic (exact) mass is 593 g/mol. The molecule has 3 heterocycles. The number of alkyl carbamates (subject to hydrolysis) is 1. The van der Waals surface area contributed by atoms with Crippen LogP contribution >= 0.6 is 0 Å². The highest BCUT2D eigenvalue weighted by Gasteiger charge is 2.25. The topological polar surface area (TPSA) is 128 Å². The molecule has 0 spiro atoms. The van der Waals surface area contributed by atoms with Gasteiger partial charge in [0.25, 0.3) is 5.56 Å². The van der Waals surface area contributed by atoms with Crippen LogP contribution in [0.4, 0.5) is 16.2 Å². The average Bonchev–Trinajstić information content (AvgIpc) is 3.32. The zero-order valence-electron chi connectivity index (χ0n) is 26.8. The maximum absolute atomic E-state index is 12.8. The number of nitrogen functional groups attached to an aromatic ring is 1. The molecule has 1 saturated heterocycles. The number of hydrogen-bond acceptors (Lipinski definition) is 8. The van der Waals surface area contributed by atoms with Crippen LogP contribution in [0.5, 0.6) is 0 Å². The lowest BCUT2D eigenvalue weighted by molar-refractivity contribution is 0.0477. The van der Waals surface area contributed by atoms with E-state index in [2.05, 4.69) is 22.6 Å². The number of ether oxygens (including phenoxy) is 2. The van der Waals surface area contributed by atoms with E-state index in [4.69, 9.17) is 15.2 Å². The van der Waals surface area contributed by atoms with E-state index in [0.717, 1.165) is 48.0 Å². The summed E-state index contributed by atoms with van der Waals surface area (Å²) in [5, 5.41) is 6.83. The largest absolute Gasteiger partial charge is 0.457 e. The van der Waals surface area contributed by atoms with E-state index in [0.29, 0.717) is 29.0 Å². The molecule has 0 saturated carbocycles. The van der Waals surface area contributed by atoms with Crippen LogP contribution in [-0.2, 0) is 29.7 Å². The van der Waals surface area contributed by atoms with Crippen molar-refractivity contribution in [3.05, 3.63) is 69.0 Å². The number of fused-ring (bicyclic) bond motifs is 2. The SMILES string of the molecule is CC.CN1CCCC(NC(=O)OC(C)(C)C)C1.Cc1ccccc1CNc1c(N)c2cc3c(cc2n(C)c1=O)C(=O)OC3. The molecule has 2 aromatic carbocycles. The number of cyclic esters (lactones) is 1. The summed E-state index contributed by atoms with van der Waals surface area (Å²) in [5.74, 6) is -0.366. The zero-order chi connectivity index (χ0) is 31.9. The third-order valence-electron chi connectivity index (χ3n) is 7.30. The number of hydrogen-bond donors (Lipinski definition) is 3. The molecule has 5 rings (SSSR count). The van der Waals surface area contributed by atoms with Crippen molar-refractivity contribution in [1.29, 1.82) is 0 Å². The summed E-state index contributed by atoms with van der Waals surface area (Å²) in [6, 6.07) is 11.7. The summed E-state index contributed by atoms with van der Waals surface area (Å²) < 4.78 is 11.8. The Kier molecular flexibility index (Phi) is 11.2. The Morgan fingerprint density at radius 2 is 1.84 bits per heavy atom. The molecule has 0 bridgehead atoms. The second-order valence-electron chi connectivity index (χ2n) is 11.8. The zero-order valence-corrected chi connectivity index (χ0v) is 26.8. The number of rotatable bonds is 4. The lowest BCUT2D eigenvalue weighted by Crippen LogP contribution is -2.47. The average molecular weight is 594 g/mol. The Morgan fingerprint density at radius 1 is 1.14 bits per heavy atom. The minimum atomic E-state index is -0.412. The van der Waals surface area contributed by atoms with Crippen LogP contribution in [0.3, 0.4) is 0 Å². The van der Waals surface area contributed by atoms with Crippen LogP contribution in [0.2, 0.25) is 0 Å². The lowest BCUT2D eigenvalue weighted by Gasteiger charge is -2.31. The summed E-state index contributed by atoms with van der Waals surface area (Å²) in [7, 11) is 3.75. The number of pyridine rings is 1. The fraction of sp³-hybridized carbons (Fsp3) is 0.485. The minimum Gasteiger partial charge on any atom is -0.457 e. The first-order valence-electron chi connectivity index (χ1n) is 14.9. The summed E-state index contributed by atoms with van der Waals surface area (Å²) in [6.07, 6.45) is 1.88. The summed E-state index contributed by atoms with van der Waals surface area (Å²) in [6.45, 7) is 14.4. The quantitative estimate of drug-likeness (QED) is 0.346. The molecule has 1 unspecified atom stereocenters. The molecule has 43 heavy (non-hydrogen) atoms. The molecule has 1 amide bonds. The van der Waals surface area contributed by atoms with E-state index in [1.54, 1.807) is 13.1 Å². The summed E-state index contributed by atoms with van der Waals surface area (Å²) >= 11 is 0. The molecule has 10 nitrogen and oxygen atoms in total. The molecule has 1 atom stereocenters. The number of nitrogens with one attached hydrogen (secondary N) is 2. The molecule has 0 aliphatic carbocycles. The van der Waals surface area contributed by atoms with E-state index in [1.165, 1.54) is 4.57 Å². The normalized spacial score (nSPS) is 16.2. The van der Waals surface area contributed by atoms with Gasteiger partial charge in [-0.15, -0.1) is 0 Å². The molecule has 4 N–H and O–H groups in total. The van der Waals surface area contributed by atoms with Crippen LogP contribution < -0.4 is 21.9 Å². The van der Waals surface area contributed by atoms with Gasteiger partial charge in [-0.05, 0) is 77.4 Å². The number of carbonyl (C=O) groups is 2. The van der Waals surface area contributed by atoms with Crippen molar-refractivity contribution in [3.63, 3.8) is 0 Å². The predicted molar refractivity (Wildman–Crippen MR) is 172 cm³/mol. The highest BCUT2D eigenvalue weighted by molar-refractivity contribution is 6.03. The molecule has 0 radical (unpaired) electrons. The molecule has 1 aromatic heterocycles. The maximum atomic E-state index is 12.8. The molecule has 2 aliphatic rings. The van der Waals surface area contributed by atoms with Gasteiger partial charge in [0.1, 0.15) is 17.9 Å². The van der Waals surface area contributed by atoms with E-state index in [9.17, 15) is 14.4 Å². The van der Waals surface area contributed by atoms with Crippen molar-refractivity contribution in [2.45, 2.75) is 79.2 Å². The number of amides is 1. The van der Waals surface area contributed by atoms with Gasteiger partial charge < -0.3 is 35.3 Å². The van der Waals surface area contributed by atoms with Crippen molar-refractivity contribution in [1.82, 2.24) is 14.8 Å². The van der Waals surface area contributed by atoms with Gasteiger partial charge in [-0.3, -0.25) is 4.79 Å². The number of aromatic nitrogens is 1. The first-order valence-corrected chi connectivity index (χ1v) is 14.9. The highest BCUT2D eigenvalue weighted by atomic mass is 16.6. The van der Waals surface area contributed by atoms with Crippen LogP contribution in [-0.4, -0.2) is 53.3 Å². The van der Waals surface area contributed by atoms with Crippen LogP contribution in [0, 0.1) is 6.92 Å². The van der Waals surface area contributed by atoms with Crippen molar-refractivity contribution in [2.24, 2.45) is 7.05 Å². The van der Waals surface area contributed by atoms with Crippen molar-refractivity contribution < 1.29 is 19.1 Å². The number of nitrogens with zero attached hydrogens (tertiary/aromatic N) is 2. The van der Waals surface area contributed by atoms with Crippen LogP contribution in [0.15, 0.2) is 41.2 Å². The summed E-state index contributed by atoms with van der Waals surface area (Å²) in [4.78, 5) is 38.3. The van der Waals surface area contributed by atoms with Gasteiger partial charge in [-0.2, -0.15) is 0 Å². The molecule has 3 aromatic rings. The smallest absolute Gasteiger partial charge is 0.407 e. The number of esters is 1. The second kappa shape index (κ2) is 14.4. The van der Waals surface area contributed by atoms with E-state index < -0.39 is 5.60 Å². The first kappa shape index (κ1) is 33.5. The van der Waals surface area contributed by atoms with Gasteiger partial charge in [0.15, 0.2) is 0 Å². The standard InChI is InChI=1S/C20H19N3O3.C11H22N2O2.C2H6/c1-11-5-3-4-6-12(11)9-22-18-17(21)15-7-13-10-26-20(25)14(13)8-16(15)23(2)19(18)24;1-11(2,3)15-10(14)12-9-6-5-7-13(4)8-9;1-2/h3-8,22H,9-10,21H2,1-2H3;9H,5-8H2,1-4H3,(H,12,14);1-2H3. The predicted octanol–water partition coefficient (Wildman–Crippen LogP) is 5.34. The van der Waals surface area contributed by atoms with Crippen molar-refractivity contribution >= 4 is 34.3 Å². The second-order valence-corrected chi connectivity index (χ2v) is 11.8. The van der Waals surface area contributed by atoms with Crippen molar-refractivity contribution in [3.8, 4) is 0 Å². The number of likely N-dealkylation sites (tertiary alicyclic amines) is 1. The fourth-order valence-corrected chi connectivity index (χ4v) is 5.11. The Labute approximate surface area is 254 Å². The van der Waals surface area contributed by atoms with Gasteiger partial charge in [0, 0.05) is 37.1 Å². The van der Waals surface area contributed by atoms with Crippen molar-refractivity contribution in [2.75, 3.05) is 31.2 Å². The third kappa shape index (κ3) is 8.50. The van der Waals surface area contributed by atoms with Gasteiger partial charge in [-0.1, -0.05) is 38.1 Å².